The fraction of sp³-hybridized carbons (Fsp3) is 0.0952. The molecule has 0 N–H and O–H groups in total. The number of benzene rings is 2. The number of halogens is 1. The zero-order valence-electron chi connectivity index (χ0n) is 15.6. The molecule has 0 saturated carbocycles. The number of anilines is 1. The first kappa shape index (κ1) is 18.3. The van der Waals surface area contributed by atoms with Gasteiger partial charge in [-0.25, -0.2) is 4.39 Å². The summed E-state index contributed by atoms with van der Waals surface area (Å²) in [4.78, 5) is 43.8. The van der Waals surface area contributed by atoms with E-state index in [0.717, 1.165) is 21.4 Å². The summed E-state index contributed by atoms with van der Waals surface area (Å²) in [6.07, 6.45) is 0. The summed E-state index contributed by atoms with van der Waals surface area (Å²) in [7, 11) is 0. The van der Waals surface area contributed by atoms with Gasteiger partial charge in [-0.3, -0.25) is 14.4 Å². The van der Waals surface area contributed by atoms with E-state index in [-0.39, 0.29) is 39.0 Å². The smallest absolute Gasteiger partial charge is 0.295 e. The number of rotatable bonds is 2. The Kier molecular flexibility index (Phi) is 4.07. The van der Waals surface area contributed by atoms with Crippen LogP contribution in [-0.4, -0.2) is 20.5 Å². The number of amides is 1. The number of hydrogen-bond donors (Lipinski definition) is 0. The van der Waals surface area contributed by atoms with Crippen LogP contribution in [0.3, 0.4) is 0 Å². The van der Waals surface area contributed by atoms with Crippen LogP contribution in [0.25, 0.3) is 10.5 Å². The standard InChI is InChI=1S/C21H13FN4O3S/c1-11-18(27)23-21-26(24-11)20(29)17(30-21)16-14-4-2-3-5-15(14)25(19(16)28)10-12-6-8-13(22)9-7-12/h2-9H,10H2,1H3/b17-16-. The first-order chi connectivity index (χ1) is 14.4. The van der Waals surface area contributed by atoms with Crippen molar-refractivity contribution in [3.63, 3.8) is 0 Å². The SMILES string of the molecule is Cc1nn2c(=O)/c(=C3/C(=O)N(Cc4ccc(F)cc4)c4ccccc43)sc2nc1=O. The highest BCUT2D eigenvalue weighted by Crippen LogP contribution is 2.36. The lowest BCUT2D eigenvalue weighted by Gasteiger charge is -2.17. The van der Waals surface area contributed by atoms with Crippen molar-refractivity contribution >= 4 is 33.5 Å². The summed E-state index contributed by atoms with van der Waals surface area (Å²) in [6.45, 7) is 1.71. The number of hydrogen-bond acceptors (Lipinski definition) is 6. The number of nitrogens with zero attached hydrogens (tertiary/aromatic N) is 4. The average Bonchev–Trinajstić information content (AvgIpc) is 3.18. The molecule has 9 heteroatoms. The van der Waals surface area contributed by atoms with Crippen LogP contribution in [0, 0.1) is 12.7 Å². The summed E-state index contributed by atoms with van der Waals surface area (Å²) in [5.41, 5.74) is 1.38. The summed E-state index contributed by atoms with van der Waals surface area (Å²) < 4.78 is 14.5. The molecule has 0 radical (unpaired) electrons. The van der Waals surface area contributed by atoms with E-state index in [0.29, 0.717) is 11.3 Å². The largest absolute Gasteiger partial charge is 0.303 e. The third kappa shape index (κ3) is 2.74. The molecule has 0 fully saturated rings. The molecule has 1 aliphatic heterocycles. The van der Waals surface area contributed by atoms with Gasteiger partial charge in [0, 0.05) is 5.56 Å². The van der Waals surface area contributed by atoms with Crippen LogP contribution in [0.1, 0.15) is 16.8 Å². The maximum absolute atomic E-state index is 13.4. The molecule has 5 rings (SSSR count). The average molecular weight is 420 g/mol. The Morgan fingerprint density at radius 3 is 2.53 bits per heavy atom. The van der Waals surface area contributed by atoms with E-state index in [1.54, 1.807) is 41.3 Å². The van der Waals surface area contributed by atoms with Gasteiger partial charge in [0.15, 0.2) is 0 Å². The second-order valence-electron chi connectivity index (χ2n) is 6.84. The molecular weight excluding hydrogens is 407 g/mol. The quantitative estimate of drug-likeness (QED) is 0.490. The van der Waals surface area contributed by atoms with Gasteiger partial charge in [0.25, 0.3) is 17.0 Å². The van der Waals surface area contributed by atoms with Gasteiger partial charge >= 0.3 is 0 Å². The summed E-state index contributed by atoms with van der Waals surface area (Å²) in [5.74, 6) is -0.700. The zero-order chi connectivity index (χ0) is 21.0. The van der Waals surface area contributed by atoms with Crippen LogP contribution in [0.4, 0.5) is 10.1 Å². The topological polar surface area (TPSA) is 84.6 Å². The molecule has 3 heterocycles. The molecule has 0 atom stereocenters. The van der Waals surface area contributed by atoms with Crippen LogP contribution < -0.4 is 20.6 Å². The van der Waals surface area contributed by atoms with Gasteiger partial charge < -0.3 is 4.90 Å². The molecule has 0 saturated heterocycles. The molecule has 148 valence electrons. The number of thiazole rings is 1. The van der Waals surface area contributed by atoms with Gasteiger partial charge in [-0.2, -0.15) is 14.6 Å². The number of para-hydroxylation sites is 1. The van der Waals surface area contributed by atoms with Crippen molar-refractivity contribution < 1.29 is 9.18 Å². The molecule has 30 heavy (non-hydrogen) atoms. The van der Waals surface area contributed by atoms with E-state index in [1.165, 1.54) is 19.1 Å². The van der Waals surface area contributed by atoms with E-state index < -0.39 is 11.1 Å². The Bertz CT molecular complexity index is 1510. The molecule has 0 bridgehead atoms. The Morgan fingerprint density at radius 2 is 1.77 bits per heavy atom. The van der Waals surface area contributed by atoms with Crippen molar-refractivity contribution in [2.45, 2.75) is 13.5 Å². The first-order valence-corrected chi connectivity index (χ1v) is 9.86. The van der Waals surface area contributed by atoms with Crippen LogP contribution in [0.5, 0.6) is 0 Å². The summed E-state index contributed by atoms with van der Waals surface area (Å²) >= 11 is 0.964. The number of carbonyl (C=O) groups is 1. The number of aromatic nitrogens is 3. The van der Waals surface area contributed by atoms with Crippen LogP contribution >= 0.6 is 11.3 Å². The normalized spacial score (nSPS) is 15.1. The third-order valence-electron chi connectivity index (χ3n) is 4.92. The van der Waals surface area contributed by atoms with Gasteiger partial charge in [0.2, 0.25) is 4.96 Å². The highest BCUT2D eigenvalue weighted by Gasteiger charge is 2.34. The maximum atomic E-state index is 13.4. The lowest BCUT2D eigenvalue weighted by Crippen LogP contribution is -2.33. The minimum absolute atomic E-state index is 0.107. The summed E-state index contributed by atoms with van der Waals surface area (Å²) in [5, 5.41) is 4.01. The summed E-state index contributed by atoms with van der Waals surface area (Å²) in [6, 6.07) is 13.1. The molecule has 2 aromatic carbocycles. The molecule has 4 aromatic rings. The molecule has 0 aliphatic carbocycles. The fourth-order valence-corrected chi connectivity index (χ4v) is 4.46. The van der Waals surface area contributed by atoms with E-state index in [2.05, 4.69) is 10.1 Å². The van der Waals surface area contributed by atoms with Gasteiger partial charge in [0.1, 0.15) is 16.0 Å². The highest BCUT2D eigenvalue weighted by atomic mass is 32.1. The van der Waals surface area contributed by atoms with Crippen molar-refractivity contribution in [1.29, 1.82) is 0 Å². The lowest BCUT2D eigenvalue weighted by atomic mass is 10.1. The Morgan fingerprint density at radius 1 is 1.03 bits per heavy atom. The molecule has 1 aliphatic rings. The predicted octanol–water partition coefficient (Wildman–Crippen LogP) is 1.42. The van der Waals surface area contributed by atoms with E-state index in [1.807, 2.05) is 0 Å². The predicted molar refractivity (Wildman–Crippen MR) is 110 cm³/mol. The molecule has 1 amide bonds. The minimum atomic E-state index is -0.510. The van der Waals surface area contributed by atoms with Crippen LogP contribution in [-0.2, 0) is 11.3 Å². The molecule has 7 nitrogen and oxygen atoms in total. The molecule has 0 spiro atoms. The Hall–Kier alpha value is -3.72. The molecular formula is C21H13FN4O3S. The van der Waals surface area contributed by atoms with Gasteiger partial charge in [0.05, 0.1) is 17.8 Å². The monoisotopic (exact) mass is 420 g/mol. The van der Waals surface area contributed by atoms with Crippen molar-refractivity contribution in [3.8, 4) is 0 Å². The molecule has 0 unspecified atom stereocenters. The van der Waals surface area contributed by atoms with Gasteiger partial charge in [-0.1, -0.05) is 41.7 Å². The van der Waals surface area contributed by atoms with Crippen molar-refractivity contribution in [1.82, 2.24) is 14.6 Å². The lowest BCUT2D eigenvalue weighted by molar-refractivity contribution is -0.113. The van der Waals surface area contributed by atoms with Crippen molar-refractivity contribution in [2.75, 3.05) is 4.90 Å². The van der Waals surface area contributed by atoms with E-state index in [9.17, 15) is 18.8 Å². The first-order valence-electron chi connectivity index (χ1n) is 9.04. The highest BCUT2D eigenvalue weighted by molar-refractivity contribution is 7.15. The van der Waals surface area contributed by atoms with E-state index >= 15 is 0 Å². The van der Waals surface area contributed by atoms with Crippen LogP contribution in [0.15, 0.2) is 58.1 Å². The number of fused-ring (bicyclic) bond motifs is 2. The van der Waals surface area contributed by atoms with E-state index in [4.69, 9.17) is 0 Å². The number of carbonyl (C=O) groups excluding carboxylic acids is 1. The minimum Gasteiger partial charge on any atom is -0.303 e. The number of aryl methyl sites for hydroxylation is 1. The second-order valence-corrected chi connectivity index (χ2v) is 7.82. The second kappa shape index (κ2) is 6.67. The fourth-order valence-electron chi connectivity index (χ4n) is 3.47. The van der Waals surface area contributed by atoms with Crippen molar-refractivity contribution in [2.24, 2.45) is 0 Å². The maximum Gasteiger partial charge on any atom is 0.295 e. The zero-order valence-corrected chi connectivity index (χ0v) is 16.4. The Balaban J connectivity index is 1.74. The van der Waals surface area contributed by atoms with Crippen LogP contribution in [0.2, 0.25) is 0 Å². The van der Waals surface area contributed by atoms with Gasteiger partial charge in [-0.15, -0.1) is 0 Å². The Labute approximate surface area is 172 Å². The van der Waals surface area contributed by atoms with Crippen molar-refractivity contribution in [3.05, 3.63) is 96.4 Å². The molecule has 2 aromatic heterocycles. The van der Waals surface area contributed by atoms with Gasteiger partial charge in [-0.05, 0) is 30.7 Å². The third-order valence-corrected chi connectivity index (χ3v) is 5.95.